The van der Waals surface area contributed by atoms with Crippen molar-refractivity contribution in [3.8, 4) is 17.2 Å². The Morgan fingerprint density at radius 2 is 1.56 bits per heavy atom. The molecular formula is C24H30N2O6. The Kier molecular flexibility index (Phi) is 10.0. The number of benzene rings is 2. The van der Waals surface area contributed by atoms with Crippen LogP contribution in [-0.2, 0) is 4.79 Å². The fraction of sp³-hybridized carbons (Fsp3) is 0.375. The lowest BCUT2D eigenvalue weighted by molar-refractivity contribution is -0.123. The fourth-order valence-electron chi connectivity index (χ4n) is 2.81. The molecule has 2 rings (SSSR count). The molecule has 8 heteroatoms. The number of hydrogen-bond donors (Lipinski definition) is 2. The highest BCUT2D eigenvalue weighted by Crippen LogP contribution is 2.28. The molecule has 0 radical (unpaired) electrons. The Hall–Kier alpha value is -3.55. The number of carbonyl (C=O) groups excluding carboxylic acids is 3. The van der Waals surface area contributed by atoms with Gasteiger partial charge in [-0.05, 0) is 55.8 Å². The van der Waals surface area contributed by atoms with E-state index in [1.54, 1.807) is 36.4 Å². The molecule has 2 aromatic carbocycles. The fourth-order valence-corrected chi connectivity index (χ4v) is 2.81. The van der Waals surface area contributed by atoms with Crippen molar-refractivity contribution in [2.24, 2.45) is 0 Å². The molecule has 0 aliphatic heterocycles. The van der Waals surface area contributed by atoms with Gasteiger partial charge in [0.25, 0.3) is 11.8 Å². The first-order valence-corrected chi connectivity index (χ1v) is 10.6. The topological polar surface area (TPSA) is 103 Å². The lowest BCUT2D eigenvalue weighted by atomic mass is 10.1. The smallest absolute Gasteiger partial charge is 0.276 e. The number of carbonyl (C=O) groups is 3. The maximum absolute atomic E-state index is 12.2. The summed E-state index contributed by atoms with van der Waals surface area (Å²) >= 11 is 0. The number of Topliss-reactive ketones (excluding diaryl/α,β-unsaturated/α-hetero) is 1. The number of hydrazine groups is 1. The number of hydrogen-bond acceptors (Lipinski definition) is 6. The van der Waals surface area contributed by atoms with E-state index in [2.05, 4.69) is 17.8 Å². The molecule has 0 aliphatic rings. The Morgan fingerprint density at radius 3 is 2.22 bits per heavy atom. The number of ketones is 1. The van der Waals surface area contributed by atoms with E-state index in [0.717, 1.165) is 12.8 Å². The van der Waals surface area contributed by atoms with Gasteiger partial charge in [0.05, 0.1) is 13.7 Å². The van der Waals surface area contributed by atoms with Gasteiger partial charge < -0.3 is 14.2 Å². The molecule has 0 spiro atoms. The Bertz CT molecular complexity index is 911. The molecule has 0 heterocycles. The minimum Gasteiger partial charge on any atom is -0.494 e. The highest BCUT2D eigenvalue weighted by molar-refractivity contribution is 5.96. The standard InChI is InChI=1S/C24H30N2O6/c1-4-5-6-7-14-31-20-11-8-18(9-12-20)24(29)26-25-23(28)16-32-21-13-10-19(17(2)27)15-22(21)30-3/h8-13,15H,4-7,14,16H2,1-3H3,(H,25,28)(H,26,29). The second-order valence-corrected chi connectivity index (χ2v) is 7.15. The van der Waals surface area contributed by atoms with Gasteiger partial charge in [0.15, 0.2) is 23.9 Å². The average Bonchev–Trinajstić information content (AvgIpc) is 2.81. The van der Waals surface area contributed by atoms with Gasteiger partial charge in [-0.1, -0.05) is 26.2 Å². The van der Waals surface area contributed by atoms with E-state index in [9.17, 15) is 14.4 Å². The lowest BCUT2D eigenvalue weighted by Gasteiger charge is -2.12. The number of ether oxygens (including phenoxy) is 3. The van der Waals surface area contributed by atoms with Crippen LogP contribution in [0.15, 0.2) is 42.5 Å². The number of nitrogens with one attached hydrogen (secondary N) is 2. The molecule has 2 amide bonds. The van der Waals surface area contributed by atoms with Crippen LogP contribution in [-0.4, -0.2) is 37.9 Å². The van der Waals surface area contributed by atoms with E-state index in [1.165, 1.54) is 32.9 Å². The second-order valence-electron chi connectivity index (χ2n) is 7.15. The van der Waals surface area contributed by atoms with Gasteiger partial charge in [-0.25, -0.2) is 0 Å². The van der Waals surface area contributed by atoms with Crippen LogP contribution in [0.5, 0.6) is 17.2 Å². The third-order valence-electron chi connectivity index (χ3n) is 4.63. The average molecular weight is 443 g/mol. The quantitative estimate of drug-likeness (QED) is 0.295. The normalized spacial score (nSPS) is 10.2. The van der Waals surface area contributed by atoms with Crippen molar-refractivity contribution in [3.05, 3.63) is 53.6 Å². The molecule has 0 atom stereocenters. The van der Waals surface area contributed by atoms with Crippen LogP contribution >= 0.6 is 0 Å². The van der Waals surface area contributed by atoms with Crippen molar-refractivity contribution >= 4 is 17.6 Å². The SMILES string of the molecule is CCCCCCOc1ccc(C(=O)NNC(=O)COc2ccc(C(C)=O)cc2OC)cc1. The molecule has 0 saturated carbocycles. The third kappa shape index (κ3) is 7.94. The number of methoxy groups -OCH3 is 1. The molecule has 32 heavy (non-hydrogen) atoms. The van der Waals surface area contributed by atoms with Crippen molar-refractivity contribution in [1.82, 2.24) is 10.9 Å². The van der Waals surface area contributed by atoms with Crippen molar-refractivity contribution < 1.29 is 28.6 Å². The highest BCUT2D eigenvalue weighted by atomic mass is 16.5. The molecule has 0 aromatic heterocycles. The predicted octanol–water partition coefficient (Wildman–Crippen LogP) is 3.70. The van der Waals surface area contributed by atoms with Gasteiger partial charge in [0.2, 0.25) is 0 Å². The summed E-state index contributed by atoms with van der Waals surface area (Å²) in [6.45, 7) is 3.90. The van der Waals surface area contributed by atoms with Gasteiger partial charge in [0.1, 0.15) is 5.75 Å². The summed E-state index contributed by atoms with van der Waals surface area (Å²) in [5.74, 6) is 0.216. The maximum Gasteiger partial charge on any atom is 0.276 e. The van der Waals surface area contributed by atoms with E-state index in [-0.39, 0.29) is 12.4 Å². The van der Waals surface area contributed by atoms with Crippen molar-refractivity contribution in [3.63, 3.8) is 0 Å². The molecule has 2 aromatic rings. The number of unbranched alkanes of at least 4 members (excludes halogenated alkanes) is 3. The summed E-state index contributed by atoms with van der Waals surface area (Å²) in [4.78, 5) is 35.7. The first-order chi connectivity index (χ1) is 15.4. The van der Waals surface area contributed by atoms with E-state index in [0.29, 0.717) is 35.0 Å². The monoisotopic (exact) mass is 442 g/mol. The third-order valence-corrected chi connectivity index (χ3v) is 4.63. The maximum atomic E-state index is 12.2. The van der Waals surface area contributed by atoms with Crippen LogP contribution in [0, 0.1) is 0 Å². The highest BCUT2D eigenvalue weighted by Gasteiger charge is 2.12. The largest absolute Gasteiger partial charge is 0.494 e. The van der Waals surface area contributed by atoms with Crippen LogP contribution in [0.3, 0.4) is 0 Å². The first kappa shape index (κ1) is 24.7. The first-order valence-electron chi connectivity index (χ1n) is 10.6. The molecule has 0 bridgehead atoms. The number of amides is 2. The van der Waals surface area contributed by atoms with Gasteiger partial charge in [-0.2, -0.15) is 0 Å². The van der Waals surface area contributed by atoms with E-state index >= 15 is 0 Å². The summed E-state index contributed by atoms with van der Waals surface area (Å²) in [6.07, 6.45) is 4.50. The van der Waals surface area contributed by atoms with Gasteiger partial charge in [-0.3, -0.25) is 25.2 Å². The summed E-state index contributed by atoms with van der Waals surface area (Å²) < 4.78 is 16.3. The summed E-state index contributed by atoms with van der Waals surface area (Å²) in [6, 6.07) is 11.4. The van der Waals surface area contributed by atoms with Gasteiger partial charge in [0, 0.05) is 11.1 Å². The lowest BCUT2D eigenvalue weighted by Crippen LogP contribution is -2.43. The zero-order valence-electron chi connectivity index (χ0n) is 18.7. The summed E-state index contributed by atoms with van der Waals surface area (Å²) in [7, 11) is 1.44. The molecule has 172 valence electrons. The summed E-state index contributed by atoms with van der Waals surface area (Å²) in [5.41, 5.74) is 5.49. The molecule has 0 unspecified atom stereocenters. The van der Waals surface area contributed by atoms with Gasteiger partial charge >= 0.3 is 0 Å². The van der Waals surface area contributed by atoms with Crippen molar-refractivity contribution in [2.45, 2.75) is 39.5 Å². The summed E-state index contributed by atoms with van der Waals surface area (Å²) in [5, 5.41) is 0. The molecule has 2 N–H and O–H groups in total. The zero-order valence-corrected chi connectivity index (χ0v) is 18.7. The minimum atomic E-state index is -0.553. The number of rotatable bonds is 12. The Morgan fingerprint density at radius 1 is 0.844 bits per heavy atom. The van der Waals surface area contributed by atoms with Crippen LogP contribution in [0.1, 0.15) is 60.2 Å². The van der Waals surface area contributed by atoms with E-state index in [4.69, 9.17) is 14.2 Å². The molecule has 8 nitrogen and oxygen atoms in total. The van der Waals surface area contributed by atoms with Crippen LogP contribution in [0.4, 0.5) is 0 Å². The minimum absolute atomic E-state index is 0.109. The molecule has 0 fully saturated rings. The predicted molar refractivity (Wildman–Crippen MR) is 120 cm³/mol. The molecule has 0 saturated heterocycles. The van der Waals surface area contributed by atoms with Crippen molar-refractivity contribution in [1.29, 1.82) is 0 Å². The Labute approximate surface area is 188 Å². The van der Waals surface area contributed by atoms with E-state index < -0.39 is 11.8 Å². The second kappa shape index (κ2) is 13.0. The zero-order chi connectivity index (χ0) is 23.3. The van der Waals surface area contributed by atoms with Crippen LogP contribution in [0.25, 0.3) is 0 Å². The van der Waals surface area contributed by atoms with E-state index in [1.807, 2.05) is 0 Å². The molecular weight excluding hydrogens is 412 g/mol. The molecule has 0 aliphatic carbocycles. The Balaban J connectivity index is 1.77. The van der Waals surface area contributed by atoms with Crippen molar-refractivity contribution in [2.75, 3.05) is 20.3 Å². The van der Waals surface area contributed by atoms with Crippen LogP contribution in [0.2, 0.25) is 0 Å². The van der Waals surface area contributed by atoms with Crippen LogP contribution < -0.4 is 25.1 Å². The van der Waals surface area contributed by atoms with Gasteiger partial charge in [-0.15, -0.1) is 0 Å².